The van der Waals surface area contributed by atoms with Crippen LogP contribution in [0.3, 0.4) is 0 Å². The van der Waals surface area contributed by atoms with Gasteiger partial charge in [-0.25, -0.2) is 5.43 Å². The highest BCUT2D eigenvalue weighted by atomic mass is 16.3. The fourth-order valence-electron chi connectivity index (χ4n) is 3.68. The predicted octanol–water partition coefficient (Wildman–Crippen LogP) is 2.07. The standard InChI is InChI=1S/C23H26N4O2/c1-18(22-17-19-7-5-6-10-21(19)29-22)24-25-23(28)11-12-26-13-15-27(16-14-26)20-8-3-2-4-9-20/h2-10,17H,11-16H2,1H3,(H,25,28)/p+1/b24-18-. The summed E-state index contributed by atoms with van der Waals surface area (Å²) in [5, 5.41) is 5.24. The molecule has 1 fully saturated rings. The number of benzene rings is 2. The summed E-state index contributed by atoms with van der Waals surface area (Å²) in [6.07, 6.45) is 0.470. The molecule has 2 aromatic carbocycles. The molecule has 0 radical (unpaired) electrons. The van der Waals surface area contributed by atoms with Gasteiger partial charge >= 0.3 is 0 Å². The van der Waals surface area contributed by atoms with E-state index in [0.717, 1.165) is 43.7 Å². The number of hydrogen-bond acceptors (Lipinski definition) is 4. The van der Waals surface area contributed by atoms with Gasteiger partial charge in [0.2, 0.25) is 5.91 Å². The van der Waals surface area contributed by atoms with E-state index in [0.29, 0.717) is 17.9 Å². The lowest BCUT2D eigenvalue weighted by Crippen LogP contribution is -3.15. The van der Waals surface area contributed by atoms with E-state index in [2.05, 4.69) is 39.7 Å². The van der Waals surface area contributed by atoms with Crippen molar-refractivity contribution >= 4 is 28.3 Å². The molecule has 1 amide bonds. The van der Waals surface area contributed by atoms with E-state index in [-0.39, 0.29) is 5.91 Å². The number of quaternary nitrogens is 1. The maximum atomic E-state index is 12.2. The molecule has 150 valence electrons. The highest BCUT2D eigenvalue weighted by Crippen LogP contribution is 2.19. The molecule has 6 nitrogen and oxygen atoms in total. The van der Waals surface area contributed by atoms with Crippen molar-refractivity contribution in [1.29, 1.82) is 0 Å². The van der Waals surface area contributed by atoms with E-state index in [1.54, 1.807) is 0 Å². The lowest BCUT2D eigenvalue weighted by Gasteiger charge is -2.33. The largest absolute Gasteiger partial charge is 0.455 e. The quantitative estimate of drug-likeness (QED) is 0.500. The van der Waals surface area contributed by atoms with Gasteiger partial charge in [-0.3, -0.25) is 4.79 Å². The molecule has 0 bridgehead atoms. The third kappa shape index (κ3) is 4.84. The maximum absolute atomic E-state index is 12.2. The Hall–Kier alpha value is -3.12. The normalized spacial score (nSPS) is 15.6. The number of carbonyl (C=O) groups is 1. The number of nitrogens with zero attached hydrogens (tertiary/aromatic N) is 2. The summed E-state index contributed by atoms with van der Waals surface area (Å²) in [5.74, 6) is 0.618. The number of amides is 1. The molecule has 0 aliphatic carbocycles. The van der Waals surface area contributed by atoms with E-state index in [1.165, 1.54) is 10.6 Å². The monoisotopic (exact) mass is 391 g/mol. The van der Waals surface area contributed by atoms with Crippen LogP contribution >= 0.6 is 0 Å². The molecule has 3 aromatic rings. The molecule has 0 atom stereocenters. The van der Waals surface area contributed by atoms with Crippen molar-refractivity contribution in [2.75, 3.05) is 37.6 Å². The van der Waals surface area contributed by atoms with E-state index >= 15 is 0 Å². The van der Waals surface area contributed by atoms with Gasteiger partial charge in [0.25, 0.3) is 0 Å². The van der Waals surface area contributed by atoms with Crippen LogP contribution in [-0.2, 0) is 4.79 Å². The Kier molecular flexibility index (Phi) is 5.91. The van der Waals surface area contributed by atoms with Gasteiger partial charge < -0.3 is 14.2 Å². The Labute approximate surface area is 170 Å². The number of nitrogens with one attached hydrogen (secondary N) is 2. The Bertz CT molecular complexity index is 955. The van der Waals surface area contributed by atoms with Crippen LogP contribution in [0.4, 0.5) is 5.69 Å². The zero-order valence-corrected chi connectivity index (χ0v) is 16.7. The number of para-hydroxylation sites is 2. The third-order valence-electron chi connectivity index (χ3n) is 5.43. The lowest BCUT2D eigenvalue weighted by molar-refractivity contribution is -0.900. The summed E-state index contributed by atoms with van der Waals surface area (Å²) in [5.41, 5.74) is 5.43. The van der Waals surface area contributed by atoms with Crippen LogP contribution in [0, 0.1) is 0 Å². The first kappa shape index (κ1) is 19.2. The minimum Gasteiger partial charge on any atom is -0.455 e. The van der Waals surface area contributed by atoms with Crippen LogP contribution in [0.2, 0.25) is 0 Å². The highest BCUT2D eigenvalue weighted by molar-refractivity contribution is 6.00. The second kappa shape index (κ2) is 8.92. The minimum atomic E-state index is -0.0570. The smallest absolute Gasteiger partial charge is 0.245 e. The molecule has 2 N–H and O–H groups in total. The summed E-state index contributed by atoms with van der Waals surface area (Å²) in [6.45, 7) is 6.79. The van der Waals surface area contributed by atoms with Crippen molar-refractivity contribution in [2.24, 2.45) is 5.10 Å². The zero-order valence-electron chi connectivity index (χ0n) is 16.7. The number of rotatable bonds is 6. The average Bonchev–Trinajstić information content (AvgIpc) is 3.21. The van der Waals surface area contributed by atoms with Gasteiger partial charge in [0.05, 0.1) is 39.1 Å². The van der Waals surface area contributed by atoms with Gasteiger partial charge in [-0.2, -0.15) is 5.10 Å². The molecule has 0 spiro atoms. The molecule has 0 saturated carbocycles. The summed E-state index contributed by atoms with van der Waals surface area (Å²) >= 11 is 0. The van der Waals surface area contributed by atoms with Crippen molar-refractivity contribution < 1.29 is 14.1 Å². The average molecular weight is 391 g/mol. The molecular weight excluding hydrogens is 364 g/mol. The molecule has 0 unspecified atom stereocenters. The fourth-order valence-corrected chi connectivity index (χ4v) is 3.68. The van der Waals surface area contributed by atoms with Gasteiger partial charge in [0, 0.05) is 11.1 Å². The van der Waals surface area contributed by atoms with E-state index < -0.39 is 0 Å². The van der Waals surface area contributed by atoms with Crippen molar-refractivity contribution in [3.63, 3.8) is 0 Å². The van der Waals surface area contributed by atoms with Crippen LogP contribution in [0.5, 0.6) is 0 Å². The number of anilines is 1. The number of hydrogen-bond donors (Lipinski definition) is 2. The molecule has 1 aromatic heterocycles. The Balaban J connectivity index is 1.22. The first-order chi connectivity index (χ1) is 14.2. The summed E-state index contributed by atoms with van der Waals surface area (Å²) in [4.78, 5) is 16.1. The third-order valence-corrected chi connectivity index (χ3v) is 5.43. The van der Waals surface area contributed by atoms with Crippen molar-refractivity contribution in [3.05, 3.63) is 66.4 Å². The van der Waals surface area contributed by atoms with Crippen molar-refractivity contribution in [2.45, 2.75) is 13.3 Å². The van der Waals surface area contributed by atoms with Crippen molar-refractivity contribution in [3.8, 4) is 0 Å². The van der Waals surface area contributed by atoms with Gasteiger partial charge in [0.1, 0.15) is 11.3 Å². The lowest BCUT2D eigenvalue weighted by atomic mass is 10.2. The summed E-state index contributed by atoms with van der Waals surface area (Å²) < 4.78 is 5.77. The van der Waals surface area contributed by atoms with Crippen LogP contribution in [-0.4, -0.2) is 44.3 Å². The maximum Gasteiger partial charge on any atom is 0.245 e. The Morgan fingerprint density at radius 2 is 1.83 bits per heavy atom. The fraction of sp³-hybridized carbons (Fsp3) is 0.304. The molecular formula is C23H27N4O2+. The molecule has 1 saturated heterocycles. The number of furan rings is 1. The number of carbonyl (C=O) groups excluding carboxylic acids is 1. The first-order valence-electron chi connectivity index (χ1n) is 10.1. The number of piperazine rings is 1. The SMILES string of the molecule is C/C(=N/NC(=O)CC[NH+]1CCN(c2ccccc2)CC1)c1cc2ccccc2o1. The predicted molar refractivity (Wildman–Crippen MR) is 115 cm³/mol. The van der Waals surface area contributed by atoms with Gasteiger partial charge in [0.15, 0.2) is 5.76 Å². The summed E-state index contributed by atoms with van der Waals surface area (Å²) in [7, 11) is 0. The molecule has 4 rings (SSSR count). The number of fused-ring (bicyclic) bond motifs is 1. The zero-order chi connectivity index (χ0) is 20.1. The van der Waals surface area contributed by atoms with Gasteiger partial charge in [-0.1, -0.05) is 36.4 Å². The van der Waals surface area contributed by atoms with Crippen LogP contribution in [0.25, 0.3) is 11.0 Å². The van der Waals surface area contributed by atoms with Crippen LogP contribution < -0.4 is 15.2 Å². The molecule has 29 heavy (non-hydrogen) atoms. The summed E-state index contributed by atoms with van der Waals surface area (Å²) in [6, 6.07) is 20.3. The van der Waals surface area contributed by atoms with E-state index in [1.807, 2.05) is 43.3 Å². The van der Waals surface area contributed by atoms with Crippen molar-refractivity contribution in [1.82, 2.24) is 5.43 Å². The second-order valence-electron chi connectivity index (χ2n) is 7.45. The van der Waals surface area contributed by atoms with Gasteiger partial charge in [-0.05, 0) is 31.2 Å². The van der Waals surface area contributed by atoms with Crippen LogP contribution in [0.1, 0.15) is 19.1 Å². The first-order valence-corrected chi connectivity index (χ1v) is 10.1. The second-order valence-corrected chi connectivity index (χ2v) is 7.45. The molecule has 1 aliphatic heterocycles. The number of hydrazone groups is 1. The van der Waals surface area contributed by atoms with E-state index in [4.69, 9.17) is 4.42 Å². The van der Waals surface area contributed by atoms with E-state index in [9.17, 15) is 4.79 Å². The van der Waals surface area contributed by atoms with Crippen LogP contribution in [0.15, 0.2) is 70.2 Å². The van der Waals surface area contributed by atoms with Gasteiger partial charge in [-0.15, -0.1) is 0 Å². The molecule has 2 heterocycles. The topological polar surface area (TPSA) is 62.3 Å². The Morgan fingerprint density at radius 1 is 1.10 bits per heavy atom. The highest BCUT2D eigenvalue weighted by Gasteiger charge is 2.20. The Morgan fingerprint density at radius 3 is 2.59 bits per heavy atom. The molecule has 1 aliphatic rings. The molecule has 6 heteroatoms. The minimum absolute atomic E-state index is 0.0570.